The maximum Gasteiger partial charge on any atom is 0.338 e. The molecule has 2 saturated heterocycles. The number of carbonyl (C=O) groups is 2. The Morgan fingerprint density at radius 2 is 1.93 bits per heavy atom. The number of ether oxygens (including phenoxy) is 1. The number of hydrogen-bond donors (Lipinski definition) is 2. The number of anilines is 1. The molecular formula is C21H23ClN4O3. The normalized spacial score (nSPS) is 18.1. The molecule has 2 aliphatic rings. The Morgan fingerprint density at radius 1 is 1.17 bits per heavy atom. The fraction of sp³-hybridized carbons (Fsp3) is 0.333. The number of hydrogen-bond acceptors (Lipinski definition) is 4. The fourth-order valence-electron chi connectivity index (χ4n) is 3.79. The van der Waals surface area contributed by atoms with Gasteiger partial charge in [-0.1, -0.05) is 29.8 Å². The lowest BCUT2D eigenvalue weighted by molar-refractivity contribution is -0.132. The highest BCUT2D eigenvalue weighted by Gasteiger charge is 2.45. The van der Waals surface area contributed by atoms with Crippen molar-refractivity contribution in [3.05, 3.63) is 59.1 Å². The van der Waals surface area contributed by atoms with Gasteiger partial charge in [0.2, 0.25) is 5.91 Å². The molecule has 2 aromatic rings. The molecule has 3 amide bonds. The number of carbonyl (C=O) groups excluding carboxylic acids is 2. The van der Waals surface area contributed by atoms with Crippen LogP contribution in [0.5, 0.6) is 5.75 Å². The van der Waals surface area contributed by atoms with Crippen LogP contribution in [0, 0.1) is 0 Å². The standard InChI is InChI=1S/C21H23ClN4O3/c1-29-18-7-2-4-15(12-18)13-19(27)25-10-8-21(9-11-25)23-20(28)26(24-21)17-6-3-5-16(22)14-17/h2-7,12,14,24H,8-11,13H2,1H3,(H,23,28). The van der Waals surface area contributed by atoms with Crippen LogP contribution in [0.3, 0.4) is 0 Å². The Hall–Kier alpha value is -2.77. The van der Waals surface area contributed by atoms with E-state index < -0.39 is 5.66 Å². The minimum Gasteiger partial charge on any atom is -0.497 e. The molecule has 4 rings (SSSR count). The van der Waals surface area contributed by atoms with Crippen LogP contribution in [-0.4, -0.2) is 42.7 Å². The smallest absolute Gasteiger partial charge is 0.338 e. The quantitative estimate of drug-likeness (QED) is 0.806. The van der Waals surface area contributed by atoms with E-state index in [1.54, 1.807) is 25.3 Å². The molecule has 7 nitrogen and oxygen atoms in total. The molecule has 2 aliphatic heterocycles. The summed E-state index contributed by atoms with van der Waals surface area (Å²) in [6.07, 6.45) is 1.58. The van der Waals surface area contributed by atoms with Gasteiger partial charge in [0.25, 0.3) is 0 Å². The zero-order valence-electron chi connectivity index (χ0n) is 16.2. The molecule has 29 heavy (non-hydrogen) atoms. The third-order valence-corrected chi connectivity index (χ3v) is 5.64. The van der Waals surface area contributed by atoms with Crippen LogP contribution in [0.1, 0.15) is 18.4 Å². The van der Waals surface area contributed by atoms with Gasteiger partial charge >= 0.3 is 6.03 Å². The number of likely N-dealkylation sites (tertiary alicyclic amines) is 1. The molecule has 2 heterocycles. The Bertz CT molecular complexity index is 928. The number of halogens is 1. The van der Waals surface area contributed by atoms with E-state index in [2.05, 4.69) is 10.7 Å². The number of rotatable bonds is 4. The van der Waals surface area contributed by atoms with E-state index >= 15 is 0 Å². The molecule has 8 heteroatoms. The van der Waals surface area contributed by atoms with E-state index in [4.69, 9.17) is 16.3 Å². The first-order valence-electron chi connectivity index (χ1n) is 9.54. The van der Waals surface area contributed by atoms with Gasteiger partial charge in [0.1, 0.15) is 11.4 Å². The summed E-state index contributed by atoms with van der Waals surface area (Å²) in [5.74, 6) is 0.816. The van der Waals surface area contributed by atoms with E-state index in [-0.39, 0.29) is 11.9 Å². The van der Waals surface area contributed by atoms with Gasteiger partial charge in [0.05, 0.1) is 19.2 Å². The van der Waals surface area contributed by atoms with E-state index in [0.717, 1.165) is 11.3 Å². The van der Waals surface area contributed by atoms with E-state index in [9.17, 15) is 9.59 Å². The summed E-state index contributed by atoms with van der Waals surface area (Å²) in [4.78, 5) is 27.1. The van der Waals surface area contributed by atoms with Gasteiger partial charge in [-0.15, -0.1) is 0 Å². The number of nitrogens with zero attached hydrogens (tertiary/aromatic N) is 2. The van der Waals surface area contributed by atoms with E-state index in [1.165, 1.54) is 5.01 Å². The van der Waals surface area contributed by atoms with Gasteiger partial charge in [0, 0.05) is 31.0 Å². The van der Waals surface area contributed by atoms with Crippen LogP contribution >= 0.6 is 11.6 Å². The molecular weight excluding hydrogens is 392 g/mol. The van der Waals surface area contributed by atoms with Gasteiger partial charge in [-0.05, 0) is 35.9 Å². The summed E-state index contributed by atoms with van der Waals surface area (Å²) in [6.45, 7) is 1.14. The van der Waals surface area contributed by atoms with Gasteiger partial charge in [-0.3, -0.25) is 4.79 Å². The summed E-state index contributed by atoms with van der Waals surface area (Å²) in [5.41, 5.74) is 4.34. The SMILES string of the molecule is COc1cccc(CC(=O)N2CCC3(CC2)NC(=O)N(c2cccc(Cl)c2)N3)c1. The van der Waals surface area contributed by atoms with Gasteiger partial charge in [-0.25, -0.2) is 15.2 Å². The molecule has 0 saturated carbocycles. The van der Waals surface area contributed by atoms with Crippen molar-refractivity contribution in [2.45, 2.75) is 24.9 Å². The van der Waals surface area contributed by atoms with Gasteiger partial charge < -0.3 is 15.0 Å². The van der Waals surface area contributed by atoms with Crippen LogP contribution in [0.25, 0.3) is 0 Å². The van der Waals surface area contributed by atoms with Crippen molar-refractivity contribution in [2.24, 2.45) is 0 Å². The van der Waals surface area contributed by atoms with Gasteiger partial charge in [0.15, 0.2) is 0 Å². The number of amides is 3. The van der Waals surface area contributed by atoms with Crippen molar-refractivity contribution in [1.82, 2.24) is 15.6 Å². The average Bonchev–Trinajstić information content (AvgIpc) is 3.04. The summed E-state index contributed by atoms with van der Waals surface area (Å²) >= 11 is 6.05. The van der Waals surface area contributed by atoms with E-state index in [0.29, 0.717) is 43.1 Å². The predicted octanol–water partition coefficient (Wildman–Crippen LogP) is 2.94. The Morgan fingerprint density at radius 3 is 2.66 bits per heavy atom. The maximum absolute atomic E-state index is 12.7. The predicted molar refractivity (Wildman–Crippen MR) is 111 cm³/mol. The second kappa shape index (κ2) is 7.93. The molecule has 2 N–H and O–H groups in total. The fourth-order valence-corrected chi connectivity index (χ4v) is 3.98. The molecule has 1 spiro atoms. The Labute approximate surface area is 174 Å². The first kappa shape index (κ1) is 19.5. The molecule has 0 aliphatic carbocycles. The van der Waals surface area contributed by atoms with Crippen LogP contribution in [-0.2, 0) is 11.2 Å². The molecule has 0 aromatic heterocycles. The summed E-state index contributed by atoms with van der Waals surface area (Å²) in [5, 5.41) is 5.09. The van der Waals surface area contributed by atoms with Crippen LogP contribution in [0.4, 0.5) is 10.5 Å². The number of hydrazine groups is 1. The summed E-state index contributed by atoms with van der Waals surface area (Å²) < 4.78 is 5.22. The first-order chi connectivity index (χ1) is 14.0. The molecule has 0 bridgehead atoms. The minimum atomic E-state index is -0.549. The lowest BCUT2D eigenvalue weighted by Crippen LogP contribution is -2.58. The van der Waals surface area contributed by atoms with Crippen molar-refractivity contribution < 1.29 is 14.3 Å². The topological polar surface area (TPSA) is 73.9 Å². The van der Waals surface area contributed by atoms with Crippen molar-refractivity contribution in [3.63, 3.8) is 0 Å². The molecule has 0 radical (unpaired) electrons. The first-order valence-corrected chi connectivity index (χ1v) is 9.92. The largest absolute Gasteiger partial charge is 0.497 e. The van der Waals surface area contributed by atoms with Crippen molar-refractivity contribution >= 4 is 29.2 Å². The molecule has 152 valence electrons. The maximum atomic E-state index is 12.7. The number of piperidine rings is 1. The van der Waals surface area contributed by atoms with Crippen molar-refractivity contribution in [3.8, 4) is 5.75 Å². The zero-order valence-corrected chi connectivity index (χ0v) is 16.9. The third-order valence-electron chi connectivity index (χ3n) is 5.40. The number of nitrogens with one attached hydrogen (secondary N) is 2. The highest BCUT2D eigenvalue weighted by Crippen LogP contribution is 2.28. The number of methoxy groups -OCH3 is 1. The Balaban J connectivity index is 1.37. The summed E-state index contributed by atoms with van der Waals surface area (Å²) in [7, 11) is 1.61. The second-order valence-corrected chi connectivity index (χ2v) is 7.78. The minimum absolute atomic E-state index is 0.0733. The zero-order chi connectivity index (χ0) is 20.4. The summed E-state index contributed by atoms with van der Waals surface area (Å²) in [6, 6.07) is 14.5. The third kappa shape index (κ3) is 4.16. The second-order valence-electron chi connectivity index (χ2n) is 7.35. The lowest BCUT2D eigenvalue weighted by atomic mass is 9.97. The van der Waals surface area contributed by atoms with Crippen molar-refractivity contribution in [1.29, 1.82) is 0 Å². The van der Waals surface area contributed by atoms with Crippen LogP contribution < -0.4 is 20.5 Å². The molecule has 2 fully saturated rings. The van der Waals surface area contributed by atoms with Crippen molar-refractivity contribution in [2.75, 3.05) is 25.2 Å². The molecule has 2 aromatic carbocycles. The van der Waals surface area contributed by atoms with Crippen LogP contribution in [0.2, 0.25) is 5.02 Å². The molecule has 0 unspecified atom stereocenters. The monoisotopic (exact) mass is 414 g/mol. The Kier molecular flexibility index (Phi) is 5.34. The van der Waals surface area contributed by atoms with Gasteiger partial charge in [-0.2, -0.15) is 0 Å². The highest BCUT2D eigenvalue weighted by atomic mass is 35.5. The lowest BCUT2D eigenvalue weighted by Gasteiger charge is -2.39. The molecule has 0 atom stereocenters. The number of benzene rings is 2. The van der Waals surface area contributed by atoms with E-state index in [1.807, 2.05) is 35.2 Å². The highest BCUT2D eigenvalue weighted by molar-refractivity contribution is 6.30. The number of urea groups is 1. The van der Waals surface area contributed by atoms with Crippen LogP contribution in [0.15, 0.2) is 48.5 Å². The average molecular weight is 415 g/mol.